The summed E-state index contributed by atoms with van der Waals surface area (Å²) >= 11 is 0. The number of rotatable bonds is 8. The van der Waals surface area contributed by atoms with Gasteiger partial charge in [0.15, 0.2) is 11.6 Å². The maximum Gasteiger partial charge on any atom is 0.193 e. The molecule has 0 N–H and O–H groups in total. The molecule has 5 aromatic carbocycles. The van der Waals surface area contributed by atoms with E-state index < -0.39 is 0 Å². The second-order valence-corrected chi connectivity index (χ2v) is 12.0. The molecule has 1 aliphatic rings. The average molecular weight is 551 g/mol. The number of aryl methyl sites for hydroxylation is 1. The first-order valence-corrected chi connectivity index (χ1v) is 15.1. The lowest BCUT2D eigenvalue weighted by atomic mass is 9.81. The highest BCUT2D eigenvalue weighted by Gasteiger charge is 2.20. The molecule has 1 atom stereocenters. The molecule has 0 radical (unpaired) electrons. The van der Waals surface area contributed by atoms with E-state index in [4.69, 9.17) is 0 Å². The molecule has 200 valence electrons. The first-order valence-electron chi connectivity index (χ1n) is 14.1. The summed E-state index contributed by atoms with van der Waals surface area (Å²) < 4.78 is 0. The van der Waals surface area contributed by atoms with Crippen molar-refractivity contribution in [1.82, 2.24) is 0 Å². The molecule has 0 heterocycles. The lowest BCUT2D eigenvalue weighted by Crippen LogP contribution is -2.09. The van der Waals surface area contributed by atoms with Gasteiger partial charge in [0.2, 0.25) is 0 Å². The number of ketones is 2. The van der Waals surface area contributed by atoms with Crippen LogP contribution in [0, 0.1) is 6.92 Å². The highest BCUT2D eigenvalue weighted by Crippen LogP contribution is 2.38. The summed E-state index contributed by atoms with van der Waals surface area (Å²) in [5.74, 6) is -0.159. The van der Waals surface area contributed by atoms with Gasteiger partial charge < -0.3 is 0 Å². The Morgan fingerprint density at radius 1 is 0.512 bits per heavy atom. The smallest absolute Gasteiger partial charge is 0.193 e. The van der Waals surface area contributed by atoms with Gasteiger partial charge in [-0.3, -0.25) is 9.59 Å². The van der Waals surface area contributed by atoms with Crippen LogP contribution in [0.2, 0.25) is 0 Å². The van der Waals surface area contributed by atoms with Gasteiger partial charge in [0.25, 0.3) is 0 Å². The van der Waals surface area contributed by atoms with Crippen LogP contribution in [0.5, 0.6) is 0 Å². The fourth-order valence-corrected chi connectivity index (χ4v) is 6.50. The molecule has 2 nitrogen and oxygen atoms in total. The van der Waals surface area contributed by atoms with Crippen molar-refractivity contribution in [2.75, 3.05) is 0 Å². The van der Waals surface area contributed by atoms with Crippen molar-refractivity contribution < 1.29 is 9.59 Å². The molecule has 41 heavy (non-hydrogen) atoms. The van der Waals surface area contributed by atoms with Crippen LogP contribution >= 0.6 is 8.58 Å². The van der Waals surface area contributed by atoms with Gasteiger partial charge in [-0.25, -0.2) is 0 Å². The second kappa shape index (κ2) is 12.0. The molecule has 0 aliphatic heterocycles. The van der Waals surface area contributed by atoms with Crippen LogP contribution in [0.1, 0.15) is 67.8 Å². The molecule has 0 bridgehead atoms. The van der Waals surface area contributed by atoms with E-state index in [0.29, 0.717) is 30.8 Å². The van der Waals surface area contributed by atoms with Crippen LogP contribution < -0.4 is 10.6 Å². The van der Waals surface area contributed by atoms with Crippen LogP contribution in [0.15, 0.2) is 133 Å². The summed E-state index contributed by atoms with van der Waals surface area (Å²) in [6.45, 7) is 2.05. The molecule has 6 rings (SSSR count). The zero-order valence-electron chi connectivity index (χ0n) is 23.1. The third-order valence-electron chi connectivity index (χ3n) is 7.58. The minimum Gasteiger partial charge on any atom is -0.289 e. The quantitative estimate of drug-likeness (QED) is 0.145. The average Bonchev–Trinajstić information content (AvgIpc) is 2.99. The number of allylic oxidation sites excluding steroid dienone is 1. The lowest BCUT2D eigenvalue weighted by molar-refractivity contribution is 0.103. The number of hydrogen-bond donors (Lipinski definition) is 0. The Morgan fingerprint density at radius 2 is 1.05 bits per heavy atom. The lowest BCUT2D eigenvalue weighted by Gasteiger charge is -2.24. The minimum absolute atomic E-state index is 0.0741. The predicted octanol–water partition coefficient (Wildman–Crippen LogP) is 8.07. The van der Waals surface area contributed by atoms with Crippen LogP contribution in [0.25, 0.3) is 5.57 Å². The van der Waals surface area contributed by atoms with Gasteiger partial charge >= 0.3 is 0 Å². The normalized spacial score (nSPS) is 12.8. The Kier molecular flexibility index (Phi) is 7.85. The van der Waals surface area contributed by atoms with Crippen LogP contribution in [-0.4, -0.2) is 11.6 Å². The molecular formula is C38H31O2P. The maximum atomic E-state index is 13.8. The van der Waals surface area contributed by atoms with Crippen LogP contribution in [0.3, 0.4) is 0 Å². The van der Waals surface area contributed by atoms with Gasteiger partial charge in [-0.05, 0) is 83.3 Å². The number of carbonyl (C=O) groups excluding carboxylic acids is 2. The highest BCUT2D eigenvalue weighted by atomic mass is 31.1. The van der Waals surface area contributed by atoms with E-state index in [0.717, 1.165) is 24.0 Å². The van der Waals surface area contributed by atoms with Gasteiger partial charge in [0.1, 0.15) is 0 Å². The van der Waals surface area contributed by atoms with Crippen molar-refractivity contribution in [3.8, 4) is 0 Å². The fourth-order valence-electron chi connectivity index (χ4n) is 5.40. The van der Waals surface area contributed by atoms with E-state index in [1.54, 1.807) is 36.4 Å². The molecule has 0 aromatic heterocycles. The standard InChI is InChI=1S/C38H31O2P/c1-26-21-32(36(27-13-8-14-27)29-15-10-20-35(25-29)41-34-18-6-3-7-19-34)24-33(22-26)38(40)31-17-9-16-30(23-31)37(39)28-11-4-2-5-12-28/h2-7,9-12,15-25,41H,8,13-14H2,1H3. The van der Waals surface area contributed by atoms with Crippen molar-refractivity contribution >= 4 is 36.3 Å². The van der Waals surface area contributed by atoms with E-state index in [1.807, 2.05) is 37.3 Å². The van der Waals surface area contributed by atoms with Crippen LogP contribution in [0.4, 0.5) is 0 Å². The summed E-state index contributed by atoms with van der Waals surface area (Å²) in [6, 6.07) is 41.9. The Labute approximate surface area is 243 Å². The third kappa shape index (κ3) is 6.04. The summed E-state index contributed by atoms with van der Waals surface area (Å²) in [4.78, 5) is 26.9. The number of benzene rings is 5. The van der Waals surface area contributed by atoms with E-state index >= 15 is 0 Å². The summed E-state index contributed by atoms with van der Waals surface area (Å²) in [5, 5.41) is 2.62. The molecule has 1 saturated carbocycles. The number of carbonyl (C=O) groups is 2. The first kappa shape index (κ1) is 26.8. The summed E-state index contributed by atoms with van der Waals surface area (Å²) in [6.07, 6.45) is 3.37. The Morgan fingerprint density at radius 3 is 1.73 bits per heavy atom. The van der Waals surface area contributed by atoms with Gasteiger partial charge in [0, 0.05) is 22.3 Å². The van der Waals surface area contributed by atoms with Gasteiger partial charge in [0.05, 0.1) is 0 Å². The predicted molar refractivity (Wildman–Crippen MR) is 171 cm³/mol. The van der Waals surface area contributed by atoms with E-state index in [2.05, 4.69) is 60.7 Å². The molecule has 3 heteroatoms. The van der Waals surface area contributed by atoms with Crippen molar-refractivity contribution in [2.45, 2.75) is 26.2 Å². The van der Waals surface area contributed by atoms with Crippen molar-refractivity contribution in [3.63, 3.8) is 0 Å². The summed E-state index contributed by atoms with van der Waals surface area (Å²) in [7, 11) is 0.590. The Balaban J connectivity index is 1.34. The maximum absolute atomic E-state index is 13.8. The van der Waals surface area contributed by atoms with Crippen LogP contribution in [-0.2, 0) is 0 Å². The summed E-state index contributed by atoms with van der Waals surface area (Å²) in [5.41, 5.74) is 8.33. The second-order valence-electron chi connectivity index (χ2n) is 10.6. The van der Waals surface area contributed by atoms with Crippen molar-refractivity contribution in [3.05, 3.63) is 172 Å². The van der Waals surface area contributed by atoms with Gasteiger partial charge in [-0.2, -0.15) is 0 Å². The van der Waals surface area contributed by atoms with Gasteiger partial charge in [-0.1, -0.05) is 117 Å². The van der Waals surface area contributed by atoms with Gasteiger partial charge in [-0.15, -0.1) is 0 Å². The fraction of sp³-hybridized carbons (Fsp3) is 0.105. The zero-order valence-corrected chi connectivity index (χ0v) is 24.1. The first-order chi connectivity index (χ1) is 20.0. The highest BCUT2D eigenvalue weighted by molar-refractivity contribution is 7.55. The molecular weight excluding hydrogens is 519 g/mol. The van der Waals surface area contributed by atoms with E-state index in [9.17, 15) is 9.59 Å². The topological polar surface area (TPSA) is 34.1 Å². The molecule has 1 aliphatic carbocycles. The monoisotopic (exact) mass is 550 g/mol. The van der Waals surface area contributed by atoms with Crippen molar-refractivity contribution in [1.29, 1.82) is 0 Å². The third-order valence-corrected chi connectivity index (χ3v) is 8.80. The van der Waals surface area contributed by atoms with E-state index in [-0.39, 0.29) is 11.6 Å². The molecule has 0 spiro atoms. The Bertz CT molecular complexity index is 1760. The molecule has 0 saturated heterocycles. The van der Waals surface area contributed by atoms with Crippen molar-refractivity contribution in [2.24, 2.45) is 0 Å². The SMILES string of the molecule is Cc1cc(C(=O)c2cccc(C(=O)c3ccccc3)c2)cc(C(=C2CCC2)c2cccc(Pc3ccccc3)c2)c1. The minimum atomic E-state index is -0.0849. The molecule has 5 aromatic rings. The molecule has 1 unspecified atom stereocenters. The zero-order chi connectivity index (χ0) is 28.2. The largest absolute Gasteiger partial charge is 0.289 e. The molecule has 0 amide bonds. The number of hydrogen-bond acceptors (Lipinski definition) is 2. The van der Waals surface area contributed by atoms with E-state index in [1.165, 1.54) is 33.7 Å². The molecule has 1 fully saturated rings. The Hall–Kier alpha value is -4.39.